The van der Waals surface area contributed by atoms with Crippen molar-refractivity contribution in [2.45, 2.75) is 17.3 Å². The fraction of sp³-hybridized carbons (Fsp3) is 0.250. The fourth-order valence-electron chi connectivity index (χ4n) is 1.45. The van der Waals surface area contributed by atoms with Gasteiger partial charge in [-0.05, 0) is 13.0 Å². The Balaban J connectivity index is 2.16. The molecule has 0 fully saturated rings. The van der Waals surface area contributed by atoms with Crippen LogP contribution >= 0.6 is 27.7 Å². The van der Waals surface area contributed by atoms with Crippen LogP contribution < -0.4 is 0 Å². The summed E-state index contributed by atoms with van der Waals surface area (Å²) < 4.78 is 5.60. The van der Waals surface area contributed by atoms with Gasteiger partial charge in [0.25, 0.3) is 0 Å². The van der Waals surface area contributed by atoms with Gasteiger partial charge in [0.2, 0.25) is 5.16 Å². The Morgan fingerprint density at radius 2 is 2.21 bits per heavy atom. The quantitative estimate of drug-likeness (QED) is 0.684. The Hall–Kier alpha value is -1.34. The van der Waals surface area contributed by atoms with Gasteiger partial charge in [0.05, 0.1) is 7.11 Å². The zero-order valence-corrected chi connectivity index (χ0v) is 12.8. The molecule has 1 aromatic carbocycles. The van der Waals surface area contributed by atoms with Crippen molar-refractivity contribution in [3.8, 4) is 11.4 Å². The molecule has 0 radical (unpaired) electrons. The van der Waals surface area contributed by atoms with E-state index in [1.807, 2.05) is 24.3 Å². The second-order valence-corrected chi connectivity index (χ2v) is 5.89. The molecule has 0 saturated carbocycles. The summed E-state index contributed by atoms with van der Waals surface area (Å²) >= 11 is 4.71. The van der Waals surface area contributed by atoms with Gasteiger partial charge < -0.3 is 4.74 Å². The van der Waals surface area contributed by atoms with Crippen LogP contribution in [0.4, 0.5) is 0 Å². The second kappa shape index (κ2) is 6.21. The van der Waals surface area contributed by atoms with Crippen molar-refractivity contribution >= 4 is 33.7 Å². The molecule has 0 aliphatic rings. The SMILES string of the molecule is COC(=O)[C@H](C)Sc1n[nH]c(-c2ccccc2Br)n1. The highest BCUT2D eigenvalue weighted by Gasteiger charge is 2.18. The number of hydrogen-bond acceptors (Lipinski definition) is 5. The molecule has 7 heteroatoms. The van der Waals surface area contributed by atoms with E-state index in [0.717, 1.165) is 10.0 Å². The number of H-pyrrole nitrogens is 1. The van der Waals surface area contributed by atoms with E-state index in [2.05, 4.69) is 35.8 Å². The number of carbonyl (C=O) groups is 1. The molecular weight excluding hydrogens is 330 g/mol. The third kappa shape index (κ3) is 3.36. The van der Waals surface area contributed by atoms with Gasteiger partial charge in [-0.3, -0.25) is 9.89 Å². The number of thioether (sulfide) groups is 1. The minimum absolute atomic E-state index is 0.294. The van der Waals surface area contributed by atoms with E-state index in [1.54, 1.807) is 6.92 Å². The second-order valence-electron chi connectivity index (χ2n) is 3.73. The molecule has 0 aliphatic heterocycles. The molecule has 2 aromatic rings. The standard InChI is InChI=1S/C12H12BrN3O2S/c1-7(11(17)18-2)19-12-14-10(15-16-12)8-5-3-4-6-9(8)13/h3-7H,1-2H3,(H,14,15,16)/t7-/m0/s1. The molecule has 0 bridgehead atoms. The molecule has 100 valence electrons. The Morgan fingerprint density at radius 1 is 1.47 bits per heavy atom. The maximum Gasteiger partial charge on any atom is 0.318 e. The molecule has 5 nitrogen and oxygen atoms in total. The van der Waals surface area contributed by atoms with Gasteiger partial charge >= 0.3 is 5.97 Å². The molecule has 0 spiro atoms. The first-order chi connectivity index (χ1) is 9.11. The number of methoxy groups -OCH3 is 1. The van der Waals surface area contributed by atoms with E-state index in [4.69, 9.17) is 0 Å². The topological polar surface area (TPSA) is 67.9 Å². The first kappa shape index (κ1) is 14.1. The molecule has 19 heavy (non-hydrogen) atoms. The van der Waals surface area contributed by atoms with Gasteiger partial charge in [-0.2, -0.15) is 0 Å². The largest absolute Gasteiger partial charge is 0.468 e. The van der Waals surface area contributed by atoms with Crippen LogP contribution in [0.5, 0.6) is 0 Å². The lowest BCUT2D eigenvalue weighted by Crippen LogP contribution is -2.14. The monoisotopic (exact) mass is 341 g/mol. The number of rotatable bonds is 4. The van der Waals surface area contributed by atoms with E-state index < -0.39 is 0 Å². The number of nitrogens with zero attached hydrogens (tertiary/aromatic N) is 2. The summed E-state index contributed by atoms with van der Waals surface area (Å²) in [5.41, 5.74) is 0.924. The zero-order valence-electron chi connectivity index (χ0n) is 10.4. The molecular formula is C12H12BrN3O2S. The van der Waals surface area contributed by atoms with E-state index in [1.165, 1.54) is 18.9 Å². The lowest BCUT2D eigenvalue weighted by atomic mass is 10.2. The van der Waals surface area contributed by atoms with Crippen LogP contribution in [0.1, 0.15) is 6.92 Å². The Kier molecular flexibility index (Phi) is 4.60. The van der Waals surface area contributed by atoms with Gasteiger partial charge in [0, 0.05) is 10.0 Å². The van der Waals surface area contributed by atoms with Crippen LogP contribution in [0.2, 0.25) is 0 Å². The molecule has 1 atom stereocenters. The van der Waals surface area contributed by atoms with Gasteiger partial charge in [-0.25, -0.2) is 4.98 Å². The number of aromatic nitrogens is 3. The van der Waals surface area contributed by atoms with E-state index in [9.17, 15) is 4.79 Å². The van der Waals surface area contributed by atoms with E-state index in [-0.39, 0.29) is 11.2 Å². The van der Waals surface area contributed by atoms with Crippen LogP contribution in [-0.4, -0.2) is 33.5 Å². The Labute approximate surface area is 123 Å². The van der Waals surface area contributed by atoms with Crippen molar-refractivity contribution in [1.82, 2.24) is 15.2 Å². The number of ether oxygens (including phenoxy) is 1. The third-order valence-corrected chi connectivity index (χ3v) is 4.04. The van der Waals surface area contributed by atoms with Crippen molar-refractivity contribution in [3.63, 3.8) is 0 Å². The number of aromatic amines is 1. The molecule has 1 N–H and O–H groups in total. The molecule has 0 saturated heterocycles. The van der Waals surface area contributed by atoms with Crippen LogP contribution in [0.25, 0.3) is 11.4 Å². The predicted molar refractivity (Wildman–Crippen MR) is 76.9 cm³/mol. The van der Waals surface area contributed by atoms with Crippen molar-refractivity contribution in [2.75, 3.05) is 7.11 Å². The summed E-state index contributed by atoms with van der Waals surface area (Å²) in [6.07, 6.45) is 0. The van der Waals surface area contributed by atoms with Crippen molar-refractivity contribution in [2.24, 2.45) is 0 Å². The van der Waals surface area contributed by atoms with Gasteiger partial charge in [0.15, 0.2) is 5.82 Å². The maximum atomic E-state index is 11.3. The summed E-state index contributed by atoms with van der Waals surface area (Å²) in [7, 11) is 1.36. The summed E-state index contributed by atoms with van der Waals surface area (Å²) in [5, 5.41) is 7.13. The molecule has 2 rings (SSSR count). The number of halogens is 1. The van der Waals surface area contributed by atoms with Crippen molar-refractivity contribution in [3.05, 3.63) is 28.7 Å². The smallest absolute Gasteiger partial charge is 0.318 e. The first-order valence-corrected chi connectivity index (χ1v) is 7.21. The molecule has 0 aliphatic carbocycles. The number of nitrogens with one attached hydrogen (secondary N) is 1. The molecule has 1 heterocycles. The summed E-state index contributed by atoms with van der Waals surface area (Å²) in [4.78, 5) is 15.7. The lowest BCUT2D eigenvalue weighted by Gasteiger charge is -2.04. The average molecular weight is 342 g/mol. The van der Waals surface area contributed by atoms with E-state index in [0.29, 0.717) is 11.0 Å². The van der Waals surface area contributed by atoms with Gasteiger partial charge in [-0.1, -0.05) is 45.9 Å². The molecule has 0 amide bonds. The zero-order chi connectivity index (χ0) is 13.8. The van der Waals surface area contributed by atoms with Crippen LogP contribution in [-0.2, 0) is 9.53 Å². The third-order valence-electron chi connectivity index (χ3n) is 2.41. The minimum atomic E-state index is -0.340. The highest BCUT2D eigenvalue weighted by atomic mass is 79.9. The molecule has 0 unspecified atom stereocenters. The Bertz CT molecular complexity index is 588. The van der Waals surface area contributed by atoms with Crippen LogP contribution in [0.15, 0.2) is 33.9 Å². The first-order valence-electron chi connectivity index (χ1n) is 5.53. The Morgan fingerprint density at radius 3 is 2.89 bits per heavy atom. The number of benzene rings is 1. The summed E-state index contributed by atoms with van der Waals surface area (Å²) in [6.45, 7) is 1.75. The van der Waals surface area contributed by atoms with Crippen LogP contribution in [0.3, 0.4) is 0 Å². The highest BCUT2D eigenvalue weighted by molar-refractivity contribution is 9.10. The van der Waals surface area contributed by atoms with Crippen molar-refractivity contribution < 1.29 is 9.53 Å². The van der Waals surface area contributed by atoms with Crippen molar-refractivity contribution in [1.29, 1.82) is 0 Å². The minimum Gasteiger partial charge on any atom is -0.468 e. The van der Waals surface area contributed by atoms with Crippen LogP contribution in [0, 0.1) is 0 Å². The lowest BCUT2D eigenvalue weighted by molar-refractivity contribution is -0.139. The van der Waals surface area contributed by atoms with Gasteiger partial charge in [0.1, 0.15) is 5.25 Å². The summed E-state index contributed by atoms with van der Waals surface area (Å²) in [6, 6.07) is 7.72. The summed E-state index contributed by atoms with van der Waals surface area (Å²) in [5.74, 6) is 0.365. The highest BCUT2D eigenvalue weighted by Crippen LogP contribution is 2.27. The number of esters is 1. The van der Waals surface area contributed by atoms with Gasteiger partial charge in [-0.15, -0.1) is 5.10 Å². The number of carbonyl (C=O) groups excluding carboxylic acids is 1. The normalized spacial score (nSPS) is 12.2. The average Bonchev–Trinajstić information content (AvgIpc) is 2.86. The fourth-order valence-corrected chi connectivity index (χ4v) is 2.67. The number of hydrogen-bond donors (Lipinski definition) is 1. The molecule has 1 aromatic heterocycles. The van der Waals surface area contributed by atoms with E-state index >= 15 is 0 Å². The predicted octanol–water partition coefficient (Wildman–Crippen LogP) is 2.89. The maximum absolute atomic E-state index is 11.3.